The molecule has 0 aliphatic rings. The van der Waals surface area contributed by atoms with Gasteiger partial charge in [-0.1, -0.05) is 17.7 Å². The van der Waals surface area contributed by atoms with Crippen LogP contribution in [-0.4, -0.2) is 10.1 Å². The third kappa shape index (κ3) is 1.58. The van der Waals surface area contributed by atoms with Gasteiger partial charge in [-0.15, -0.1) is 0 Å². The average molecular weight is 303 g/mol. The number of phenols is 1. The molecule has 0 atom stereocenters. The minimum absolute atomic E-state index is 0.195. The quantitative estimate of drug-likeness (QED) is 0.599. The zero-order chi connectivity index (χ0) is 9.42. The van der Waals surface area contributed by atoms with Crippen LogP contribution in [-0.2, 0) is 0 Å². The second-order valence-corrected chi connectivity index (χ2v) is 4.15. The highest BCUT2D eigenvalue weighted by atomic mass is 124. The Bertz CT molecular complexity index is 467. The first kappa shape index (κ1) is 9.02. The van der Waals surface area contributed by atoms with Crippen molar-refractivity contribution in [1.82, 2.24) is 4.98 Å². The summed E-state index contributed by atoms with van der Waals surface area (Å²) < 4.78 is 0.778. The van der Waals surface area contributed by atoms with Crippen molar-refractivity contribution >= 4 is 45.1 Å². The molecule has 1 aromatic carbocycles. The molecule has 0 aliphatic heterocycles. The molecule has 4 heteroatoms. The molecule has 2 rings (SSSR count). The van der Waals surface area contributed by atoms with Gasteiger partial charge in [0.05, 0.1) is 3.57 Å². The lowest BCUT2D eigenvalue weighted by molar-refractivity contribution is 0.476. The molecule has 0 fully saturated rings. The molecule has 1 aromatic heterocycles. The van der Waals surface area contributed by atoms with Gasteiger partial charge in [-0.05, 0) is 40.8 Å². The topological polar surface area (TPSA) is 33.1 Å². The van der Waals surface area contributed by atoms with Crippen LogP contribution in [0.4, 0.5) is 0 Å². The minimum Gasteiger partial charge on any atom is -0.505 e. The molecule has 13 heavy (non-hydrogen) atoms. The van der Waals surface area contributed by atoms with E-state index in [-0.39, 0.29) is 5.75 Å². The van der Waals surface area contributed by atoms with Crippen molar-refractivity contribution < 1.29 is 5.11 Å². The number of aromatic hydroxyl groups is 1. The Kier molecular flexibility index (Phi) is 2.29. The first-order valence-electron chi connectivity index (χ1n) is 3.62. The normalized spacial score (nSPS) is 10.6. The monoisotopic (exact) mass is 302 g/mol. The fourth-order valence-corrected chi connectivity index (χ4v) is 1.71. The van der Waals surface area contributed by atoms with E-state index in [2.05, 4.69) is 27.6 Å². The number of phenolic OH excluding ortho intramolecular Hbond substituents is 1. The Morgan fingerprint density at radius 2 is 1.92 bits per heavy atom. The van der Waals surface area contributed by atoms with Gasteiger partial charge in [-0.25, -0.2) is 4.98 Å². The molecule has 2 aromatic rings. The molecular weight excluding hydrogens is 297 g/mol. The number of aromatic nitrogens is 1. The highest BCUT2D eigenvalue weighted by Gasteiger charge is 2.05. The Hall–Kier alpha value is -0.550. The number of pyridine rings is 1. The van der Waals surface area contributed by atoms with Crippen molar-refractivity contribution in [3.05, 3.63) is 33.0 Å². The summed E-state index contributed by atoms with van der Waals surface area (Å²) in [6, 6.07) is 7.28. The van der Waals surface area contributed by atoms with Crippen LogP contribution in [0.3, 0.4) is 0 Å². The van der Waals surface area contributed by atoms with E-state index in [0.717, 1.165) is 8.96 Å². The van der Waals surface area contributed by atoms with Crippen molar-refractivity contribution in [1.29, 1.82) is 0 Å². The third-order valence-corrected chi connectivity index (χ3v) is 2.83. The van der Waals surface area contributed by atoms with E-state index in [0.29, 0.717) is 10.7 Å². The van der Waals surface area contributed by atoms with Crippen LogP contribution in [0.5, 0.6) is 5.75 Å². The molecule has 0 unspecified atom stereocenters. The third-order valence-electron chi connectivity index (χ3n) is 1.75. The first-order valence-corrected chi connectivity index (χ1v) is 5.08. The van der Waals surface area contributed by atoms with Gasteiger partial charge in [0.2, 0.25) is 0 Å². The number of halogens is 2. The second-order valence-electron chi connectivity index (χ2n) is 2.60. The van der Waals surface area contributed by atoms with E-state index >= 15 is 0 Å². The number of benzene rings is 1. The van der Waals surface area contributed by atoms with Crippen molar-refractivity contribution in [2.24, 2.45) is 0 Å². The number of hydrogen-bond donors (Lipinski definition) is 1. The van der Waals surface area contributed by atoms with Gasteiger partial charge < -0.3 is 5.11 Å². The maximum atomic E-state index is 9.65. The van der Waals surface area contributed by atoms with Gasteiger partial charge in [0, 0.05) is 5.39 Å². The molecule has 66 valence electrons. The van der Waals surface area contributed by atoms with Crippen LogP contribution in [0.25, 0.3) is 10.9 Å². The molecular formula is C9H5ClINO. The van der Waals surface area contributed by atoms with E-state index in [1.807, 2.05) is 18.2 Å². The molecule has 0 saturated carbocycles. The van der Waals surface area contributed by atoms with Crippen molar-refractivity contribution in [2.75, 3.05) is 0 Å². The summed E-state index contributed by atoms with van der Waals surface area (Å²) in [7, 11) is 0. The van der Waals surface area contributed by atoms with Gasteiger partial charge in [0.15, 0.2) is 5.75 Å². The highest BCUT2D eigenvalue weighted by Crippen LogP contribution is 2.28. The lowest BCUT2D eigenvalue weighted by atomic mass is 10.2. The highest BCUT2D eigenvalue weighted by molar-refractivity contribution is 14.1. The maximum Gasteiger partial charge on any atom is 0.155 e. The molecule has 0 radical (unpaired) electrons. The van der Waals surface area contributed by atoms with Gasteiger partial charge in [0.25, 0.3) is 0 Å². The first-order chi connectivity index (χ1) is 6.18. The second kappa shape index (κ2) is 3.31. The van der Waals surface area contributed by atoms with Crippen LogP contribution in [0.2, 0.25) is 5.15 Å². The fourth-order valence-electron chi connectivity index (χ4n) is 1.13. The molecule has 0 saturated heterocycles. The van der Waals surface area contributed by atoms with Crippen molar-refractivity contribution in [2.45, 2.75) is 0 Å². The standard InChI is InChI=1S/C9H5ClINO/c10-7-4-2-5-1-3-6(11)9(13)8(5)12-7/h1-4,13H/i11-3. The van der Waals surface area contributed by atoms with Crippen molar-refractivity contribution in [3.8, 4) is 5.75 Å². The summed E-state index contributed by atoms with van der Waals surface area (Å²) in [5.74, 6) is 0.195. The van der Waals surface area contributed by atoms with E-state index in [9.17, 15) is 5.11 Å². The molecule has 2 nitrogen and oxygen atoms in total. The molecule has 0 amide bonds. The van der Waals surface area contributed by atoms with Crippen molar-refractivity contribution in [3.63, 3.8) is 0 Å². The Balaban J connectivity index is 2.89. The van der Waals surface area contributed by atoms with Gasteiger partial charge in [-0.3, -0.25) is 0 Å². The smallest absolute Gasteiger partial charge is 0.155 e. The van der Waals surface area contributed by atoms with Crippen LogP contribution >= 0.6 is 34.2 Å². The lowest BCUT2D eigenvalue weighted by Crippen LogP contribution is -1.82. The van der Waals surface area contributed by atoms with E-state index in [1.165, 1.54) is 0 Å². The summed E-state index contributed by atoms with van der Waals surface area (Å²) in [5.41, 5.74) is 0.555. The summed E-state index contributed by atoms with van der Waals surface area (Å²) in [4.78, 5) is 4.05. The Morgan fingerprint density at radius 3 is 2.69 bits per heavy atom. The lowest BCUT2D eigenvalue weighted by Gasteiger charge is -2.01. The SMILES string of the molecule is Oc1c([124I])ccc2ccc(Cl)nc12. The predicted octanol–water partition coefficient (Wildman–Crippen LogP) is 3.20. The minimum atomic E-state index is 0.195. The molecule has 1 N–H and O–H groups in total. The van der Waals surface area contributed by atoms with Gasteiger partial charge >= 0.3 is 0 Å². The van der Waals surface area contributed by atoms with E-state index in [1.54, 1.807) is 6.07 Å². The average Bonchev–Trinajstić information content (AvgIpc) is 2.12. The zero-order valence-corrected chi connectivity index (χ0v) is 9.37. The largest absolute Gasteiger partial charge is 0.505 e. The van der Waals surface area contributed by atoms with Gasteiger partial charge in [0.1, 0.15) is 10.7 Å². The fraction of sp³-hybridized carbons (Fsp3) is 0. The maximum absolute atomic E-state index is 9.65. The van der Waals surface area contributed by atoms with E-state index in [4.69, 9.17) is 11.6 Å². The number of nitrogens with zero attached hydrogens (tertiary/aromatic N) is 1. The summed E-state index contributed by atoms with van der Waals surface area (Å²) in [5, 5.41) is 10.9. The predicted molar refractivity (Wildman–Crippen MR) is 61.1 cm³/mol. The van der Waals surface area contributed by atoms with Gasteiger partial charge in [-0.2, -0.15) is 0 Å². The van der Waals surface area contributed by atoms with Crippen LogP contribution in [0, 0.1) is 3.57 Å². The molecule has 1 heterocycles. The number of fused-ring (bicyclic) bond motifs is 1. The van der Waals surface area contributed by atoms with Crippen LogP contribution in [0.1, 0.15) is 0 Å². The number of rotatable bonds is 0. The number of hydrogen-bond acceptors (Lipinski definition) is 2. The Labute approximate surface area is 93.7 Å². The van der Waals surface area contributed by atoms with Crippen LogP contribution in [0.15, 0.2) is 24.3 Å². The Morgan fingerprint density at radius 1 is 1.23 bits per heavy atom. The summed E-state index contributed by atoms with van der Waals surface area (Å²) in [6.45, 7) is 0. The molecule has 0 aliphatic carbocycles. The molecule has 0 spiro atoms. The summed E-state index contributed by atoms with van der Waals surface area (Å²) >= 11 is 7.77. The summed E-state index contributed by atoms with van der Waals surface area (Å²) in [6.07, 6.45) is 0. The molecule has 0 bridgehead atoms. The van der Waals surface area contributed by atoms with E-state index < -0.39 is 0 Å². The van der Waals surface area contributed by atoms with Crippen LogP contribution < -0.4 is 0 Å². The zero-order valence-electron chi connectivity index (χ0n) is 6.46.